The van der Waals surface area contributed by atoms with Crippen LogP contribution in [0.3, 0.4) is 0 Å². The molecule has 2 heterocycles. The fraction of sp³-hybridized carbons (Fsp3) is 0.261. The second-order valence-corrected chi connectivity index (χ2v) is 8.45. The Labute approximate surface area is 195 Å². The Bertz CT molecular complexity index is 1160. The molecule has 0 fully saturated rings. The maximum Gasteiger partial charge on any atom is 0.338 e. The molecule has 3 aromatic rings. The number of nitrogens with one attached hydrogen (secondary N) is 1. The average Bonchev–Trinajstić information content (AvgIpc) is 3.20. The molecule has 0 spiro atoms. The first-order valence-corrected chi connectivity index (χ1v) is 11.5. The van der Waals surface area contributed by atoms with E-state index in [9.17, 15) is 4.79 Å². The zero-order chi connectivity index (χ0) is 22.7. The number of esters is 1. The fourth-order valence-corrected chi connectivity index (χ4v) is 4.63. The van der Waals surface area contributed by atoms with Crippen LogP contribution in [0.1, 0.15) is 31.0 Å². The molecule has 166 valence electrons. The molecule has 1 aliphatic heterocycles. The summed E-state index contributed by atoms with van der Waals surface area (Å²) in [5.41, 5.74) is 3.07. The van der Waals surface area contributed by atoms with Crippen LogP contribution < -0.4 is 10.1 Å². The molecule has 9 heteroatoms. The van der Waals surface area contributed by atoms with Crippen molar-refractivity contribution in [2.45, 2.75) is 30.8 Å². The van der Waals surface area contributed by atoms with E-state index < -0.39 is 6.04 Å². The molecule has 0 bridgehead atoms. The number of anilines is 1. The van der Waals surface area contributed by atoms with Gasteiger partial charge in [-0.3, -0.25) is 0 Å². The topological polar surface area (TPSA) is 78.3 Å². The summed E-state index contributed by atoms with van der Waals surface area (Å²) in [7, 11) is 1.62. The second kappa shape index (κ2) is 9.67. The van der Waals surface area contributed by atoms with Crippen LogP contribution in [0.5, 0.6) is 5.75 Å². The van der Waals surface area contributed by atoms with Gasteiger partial charge in [0, 0.05) is 16.5 Å². The van der Waals surface area contributed by atoms with Crippen LogP contribution in [0.2, 0.25) is 5.02 Å². The highest BCUT2D eigenvalue weighted by molar-refractivity contribution is 7.98. The van der Waals surface area contributed by atoms with E-state index in [0.29, 0.717) is 33.2 Å². The summed E-state index contributed by atoms with van der Waals surface area (Å²) >= 11 is 7.77. The molecular formula is C23H23ClN4O3S. The summed E-state index contributed by atoms with van der Waals surface area (Å²) in [6.45, 7) is 3.92. The van der Waals surface area contributed by atoms with Crippen molar-refractivity contribution < 1.29 is 14.3 Å². The van der Waals surface area contributed by atoms with Gasteiger partial charge in [0.2, 0.25) is 11.1 Å². The van der Waals surface area contributed by atoms with Crippen molar-refractivity contribution in [1.29, 1.82) is 0 Å². The lowest BCUT2D eigenvalue weighted by Crippen LogP contribution is -2.29. The first-order valence-electron chi connectivity index (χ1n) is 10.1. The molecule has 1 aromatic heterocycles. The van der Waals surface area contributed by atoms with Crippen LogP contribution in [-0.2, 0) is 15.3 Å². The Hall–Kier alpha value is -2.97. The van der Waals surface area contributed by atoms with Gasteiger partial charge in [0.1, 0.15) is 11.8 Å². The predicted octanol–water partition coefficient (Wildman–Crippen LogP) is 5.08. The van der Waals surface area contributed by atoms with Gasteiger partial charge in [-0.1, -0.05) is 53.7 Å². The summed E-state index contributed by atoms with van der Waals surface area (Å²) in [4.78, 5) is 17.5. The monoisotopic (exact) mass is 470 g/mol. The highest BCUT2D eigenvalue weighted by Gasteiger charge is 2.35. The minimum atomic E-state index is -0.474. The number of carbonyl (C=O) groups excluding carboxylic acids is 1. The Morgan fingerprint density at radius 3 is 2.66 bits per heavy atom. The van der Waals surface area contributed by atoms with E-state index in [1.807, 2.05) is 55.5 Å². The van der Waals surface area contributed by atoms with Gasteiger partial charge in [-0.15, -0.1) is 5.10 Å². The van der Waals surface area contributed by atoms with Crippen LogP contribution in [-0.4, -0.2) is 34.5 Å². The van der Waals surface area contributed by atoms with Crippen LogP contribution >= 0.6 is 23.4 Å². The molecule has 0 aliphatic carbocycles. The van der Waals surface area contributed by atoms with Gasteiger partial charge in [0.25, 0.3) is 0 Å². The molecular weight excluding hydrogens is 448 g/mol. The van der Waals surface area contributed by atoms with Gasteiger partial charge in [0.05, 0.1) is 19.3 Å². The van der Waals surface area contributed by atoms with Crippen molar-refractivity contribution in [3.63, 3.8) is 0 Å². The Balaban J connectivity index is 1.69. The van der Waals surface area contributed by atoms with E-state index in [4.69, 9.17) is 26.2 Å². The molecule has 0 amide bonds. The van der Waals surface area contributed by atoms with Crippen LogP contribution in [0.25, 0.3) is 0 Å². The Kier molecular flexibility index (Phi) is 6.72. The molecule has 0 radical (unpaired) electrons. The molecule has 1 atom stereocenters. The number of halogens is 1. The Morgan fingerprint density at radius 2 is 1.97 bits per heavy atom. The van der Waals surface area contributed by atoms with Crippen LogP contribution in [0.4, 0.5) is 5.95 Å². The van der Waals surface area contributed by atoms with Crippen molar-refractivity contribution in [2.75, 3.05) is 19.0 Å². The number of benzene rings is 2. The van der Waals surface area contributed by atoms with Gasteiger partial charge < -0.3 is 14.8 Å². The lowest BCUT2D eigenvalue weighted by molar-refractivity contribution is -0.139. The van der Waals surface area contributed by atoms with Crippen LogP contribution in [0.15, 0.2) is 65.0 Å². The zero-order valence-corrected chi connectivity index (χ0v) is 19.5. The first kappa shape index (κ1) is 22.2. The Morgan fingerprint density at radius 1 is 1.22 bits per heavy atom. The molecule has 1 unspecified atom stereocenters. The SMILES string of the molecule is CCOC(=O)C1=C(C)Nc2nc(SCc3ccccc3Cl)nn2C1c1ccc(OC)cc1. The third-order valence-corrected chi connectivity index (χ3v) is 6.33. The zero-order valence-electron chi connectivity index (χ0n) is 18.0. The molecule has 1 aliphatic rings. The molecule has 7 nitrogen and oxygen atoms in total. The molecule has 0 saturated heterocycles. The standard InChI is InChI=1S/C23H23ClN4O3S/c1-4-31-21(29)19-14(2)25-22-26-23(32-13-16-7-5-6-8-18(16)24)27-28(22)20(19)15-9-11-17(30-3)12-10-15/h5-12,20H,4,13H2,1-3H3,(H,25,26,27). The normalized spacial score (nSPS) is 15.2. The van der Waals surface area contributed by atoms with E-state index in [1.165, 1.54) is 11.8 Å². The number of rotatable bonds is 7. The lowest BCUT2D eigenvalue weighted by Gasteiger charge is -2.28. The summed E-state index contributed by atoms with van der Waals surface area (Å²) in [6.07, 6.45) is 0. The summed E-state index contributed by atoms with van der Waals surface area (Å²) in [6, 6.07) is 14.8. The third kappa shape index (κ3) is 4.47. The van der Waals surface area contributed by atoms with Crippen LogP contribution in [0, 0.1) is 0 Å². The van der Waals surface area contributed by atoms with Crippen molar-refractivity contribution in [3.05, 3.63) is 76.0 Å². The van der Waals surface area contributed by atoms with E-state index >= 15 is 0 Å². The number of thioether (sulfide) groups is 1. The highest BCUT2D eigenvalue weighted by Crippen LogP contribution is 2.37. The van der Waals surface area contributed by atoms with Crippen molar-refractivity contribution in [2.24, 2.45) is 0 Å². The van der Waals surface area contributed by atoms with Crippen molar-refractivity contribution in [3.8, 4) is 5.75 Å². The maximum absolute atomic E-state index is 12.9. The van der Waals surface area contributed by atoms with Gasteiger partial charge in [-0.2, -0.15) is 4.98 Å². The third-order valence-electron chi connectivity index (χ3n) is 5.07. The number of hydrogen-bond acceptors (Lipinski definition) is 7. The minimum absolute atomic E-state index is 0.286. The number of ether oxygens (including phenoxy) is 2. The highest BCUT2D eigenvalue weighted by atomic mass is 35.5. The second-order valence-electron chi connectivity index (χ2n) is 7.10. The molecule has 4 rings (SSSR count). The van der Waals surface area contributed by atoms with E-state index in [1.54, 1.807) is 18.7 Å². The van der Waals surface area contributed by atoms with Gasteiger partial charge >= 0.3 is 5.97 Å². The quantitative estimate of drug-likeness (QED) is 0.381. The van der Waals surface area contributed by atoms with Gasteiger partial charge in [0.15, 0.2) is 0 Å². The molecule has 32 heavy (non-hydrogen) atoms. The van der Waals surface area contributed by atoms with E-state index in [2.05, 4.69) is 10.3 Å². The van der Waals surface area contributed by atoms with Crippen molar-refractivity contribution >= 4 is 35.3 Å². The minimum Gasteiger partial charge on any atom is -0.497 e. The lowest BCUT2D eigenvalue weighted by atomic mass is 9.96. The number of fused-ring (bicyclic) bond motifs is 1. The summed E-state index contributed by atoms with van der Waals surface area (Å²) in [5, 5.41) is 9.21. The summed E-state index contributed by atoms with van der Waals surface area (Å²) in [5.74, 6) is 1.55. The number of aromatic nitrogens is 3. The number of hydrogen-bond donors (Lipinski definition) is 1. The van der Waals surface area contributed by atoms with E-state index in [-0.39, 0.29) is 12.6 Å². The number of nitrogens with zero attached hydrogens (tertiary/aromatic N) is 3. The van der Waals surface area contributed by atoms with Gasteiger partial charge in [-0.25, -0.2) is 9.48 Å². The fourth-order valence-electron chi connectivity index (χ4n) is 3.52. The largest absolute Gasteiger partial charge is 0.497 e. The summed E-state index contributed by atoms with van der Waals surface area (Å²) < 4.78 is 12.4. The molecule has 1 N–H and O–H groups in total. The first-order chi connectivity index (χ1) is 15.5. The number of allylic oxidation sites excluding steroid dienone is 1. The number of methoxy groups -OCH3 is 1. The van der Waals surface area contributed by atoms with E-state index in [0.717, 1.165) is 16.9 Å². The average molecular weight is 471 g/mol. The smallest absolute Gasteiger partial charge is 0.338 e. The van der Waals surface area contributed by atoms with Gasteiger partial charge in [-0.05, 0) is 43.2 Å². The molecule has 0 saturated carbocycles. The predicted molar refractivity (Wildman–Crippen MR) is 125 cm³/mol. The molecule has 2 aromatic carbocycles. The maximum atomic E-state index is 12.9. The number of carbonyl (C=O) groups is 1. The van der Waals surface area contributed by atoms with Crippen molar-refractivity contribution in [1.82, 2.24) is 14.8 Å².